The molecule has 0 saturated carbocycles. The van der Waals surface area contributed by atoms with Crippen LogP contribution in [0.1, 0.15) is 112 Å². The van der Waals surface area contributed by atoms with Crippen LogP contribution in [-0.2, 0) is 0 Å². The van der Waals surface area contributed by atoms with Crippen molar-refractivity contribution in [2.75, 3.05) is 9.80 Å². The van der Waals surface area contributed by atoms with Gasteiger partial charge in [-0.25, -0.2) is 0 Å². The molecule has 0 aliphatic heterocycles. The minimum absolute atomic E-state index is 0.0929. The summed E-state index contributed by atoms with van der Waals surface area (Å²) in [6.45, 7) is 17.7. The first-order valence-corrected chi connectivity index (χ1v) is 28.6. The second-order valence-corrected chi connectivity index (χ2v) is 22.7. The Bertz CT molecular complexity index is 3550. The summed E-state index contributed by atoms with van der Waals surface area (Å²) in [5, 5.41) is 47.7. The Morgan fingerprint density at radius 2 is 0.463 bits per heavy atom. The van der Waals surface area contributed by atoms with Crippen molar-refractivity contribution in [2.24, 2.45) is 0 Å². The van der Waals surface area contributed by atoms with E-state index in [-0.39, 0.29) is 45.3 Å². The molecule has 4 N–H and O–H groups in total. The number of aliphatic hydroxyl groups is 2. The van der Waals surface area contributed by atoms with E-state index in [4.69, 9.17) is 0 Å². The van der Waals surface area contributed by atoms with Crippen LogP contribution in [0, 0.1) is 0 Å². The average Bonchev–Trinajstić information content (AvgIpc) is 3.47. The van der Waals surface area contributed by atoms with Crippen LogP contribution in [0.5, 0.6) is 11.5 Å². The van der Waals surface area contributed by atoms with E-state index in [1.165, 1.54) is 44.5 Å². The highest BCUT2D eigenvalue weighted by molar-refractivity contribution is 6.08. The molecule has 0 atom stereocenters. The molecule has 0 heterocycles. The lowest BCUT2D eigenvalue weighted by molar-refractivity contribution is 0.386. The first-order chi connectivity index (χ1) is 39.7. The molecule has 0 spiro atoms. The lowest BCUT2D eigenvalue weighted by Gasteiger charge is -2.29. The molecule has 0 bridgehead atoms. The zero-order valence-electron chi connectivity index (χ0n) is 47.9. The number of anilines is 6. The number of hydrogen-bond donors (Lipinski definition) is 4. The number of allylic oxidation sites excluding steroid dienone is 2. The Balaban J connectivity index is 0.921. The van der Waals surface area contributed by atoms with E-state index >= 15 is 0 Å². The van der Waals surface area contributed by atoms with E-state index in [9.17, 15) is 20.4 Å². The molecular formula is C76H70N2O4. The first-order valence-electron chi connectivity index (χ1n) is 28.6. The lowest BCUT2D eigenvalue weighted by Crippen LogP contribution is -2.13. The van der Waals surface area contributed by atoms with Crippen molar-refractivity contribution in [1.29, 1.82) is 0 Å². The van der Waals surface area contributed by atoms with E-state index in [0.29, 0.717) is 35.0 Å². The van der Waals surface area contributed by atoms with Crippen LogP contribution in [0.15, 0.2) is 242 Å². The summed E-state index contributed by atoms with van der Waals surface area (Å²) < 4.78 is 0. The van der Waals surface area contributed by atoms with Gasteiger partial charge in [0.15, 0.2) is 0 Å². The molecule has 1 aliphatic carbocycles. The number of aliphatic hydroxyl groups excluding tert-OH is 2. The van der Waals surface area contributed by atoms with Gasteiger partial charge in [-0.05, 0) is 163 Å². The van der Waals surface area contributed by atoms with Crippen molar-refractivity contribution in [3.63, 3.8) is 0 Å². The summed E-state index contributed by atoms with van der Waals surface area (Å²) in [4.78, 5) is 4.19. The number of aromatic hydroxyl groups is 2. The van der Waals surface area contributed by atoms with Crippen molar-refractivity contribution in [3.8, 4) is 56.0 Å². The van der Waals surface area contributed by atoms with Crippen molar-refractivity contribution >= 4 is 45.3 Å². The third-order valence-corrected chi connectivity index (χ3v) is 16.0. The first kappa shape index (κ1) is 54.4. The third-order valence-electron chi connectivity index (χ3n) is 16.0. The van der Waals surface area contributed by atoms with Crippen LogP contribution in [0.2, 0.25) is 0 Å². The molecule has 1 aliphatic rings. The summed E-state index contributed by atoms with van der Waals surface area (Å²) in [7, 11) is 0. The predicted molar refractivity (Wildman–Crippen MR) is 343 cm³/mol. The van der Waals surface area contributed by atoms with Crippen molar-refractivity contribution < 1.29 is 20.4 Å². The van der Waals surface area contributed by atoms with E-state index in [2.05, 4.69) is 259 Å². The standard InChI is InChI=1S/C76H70N2O4/c1-47(2)61-17-9-13-21-65(61)51-25-33-55(34-26-51)77(56-35-27-52(28-36-56)66-22-14-10-18-62(66)48(3)4)59-41-43-69(71(79)45-59)73-75(81)74(76(73)82)70-44-42-60(46-72(70)80)78(57-37-29-53(30-38-57)67-23-15-11-19-63(67)49(5)6)58-39-31-54(32-40-58)68-24-16-12-20-64(68)50(7)8/h9-50,79-82H,1-8H3. The van der Waals surface area contributed by atoms with Gasteiger partial charge in [-0.2, -0.15) is 0 Å². The van der Waals surface area contributed by atoms with Crippen molar-refractivity contribution in [1.82, 2.24) is 0 Å². The van der Waals surface area contributed by atoms with Gasteiger partial charge in [0.2, 0.25) is 0 Å². The summed E-state index contributed by atoms with van der Waals surface area (Å²) in [6, 6.07) is 78.5. The number of phenolic OH excluding ortho intramolecular Hbond substituents is 2. The van der Waals surface area contributed by atoms with Gasteiger partial charge in [0.1, 0.15) is 23.0 Å². The fraction of sp³-hybridized carbons (Fsp3) is 0.158. The van der Waals surface area contributed by atoms with Crippen LogP contribution >= 0.6 is 0 Å². The molecule has 0 unspecified atom stereocenters. The lowest BCUT2D eigenvalue weighted by atomic mass is 9.83. The molecule has 408 valence electrons. The second kappa shape index (κ2) is 22.9. The fourth-order valence-electron chi connectivity index (χ4n) is 11.8. The highest BCUT2D eigenvalue weighted by Crippen LogP contribution is 2.51. The molecule has 0 fully saturated rings. The molecule has 82 heavy (non-hydrogen) atoms. The Labute approximate surface area is 483 Å². The molecule has 0 aromatic heterocycles. The highest BCUT2D eigenvalue weighted by atomic mass is 16.3. The molecule has 10 aromatic rings. The van der Waals surface area contributed by atoms with Crippen molar-refractivity contribution in [2.45, 2.75) is 79.1 Å². The van der Waals surface area contributed by atoms with Gasteiger partial charge >= 0.3 is 0 Å². The maximum absolute atomic E-state index is 12.0. The summed E-state index contributed by atoms with van der Waals surface area (Å²) >= 11 is 0. The van der Waals surface area contributed by atoms with E-state index < -0.39 is 0 Å². The van der Waals surface area contributed by atoms with Gasteiger partial charge in [0, 0.05) is 57.4 Å². The van der Waals surface area contributed by atoms with Crippen LogP contribution in [0.3, 0.4) is 0 Å². The smallest absolute Gasteiger partial charge is 0.139 e. The Kier molecular flexibility index (Phi) is 15.2. The third kappa shape index (κ3) is 10.4. The second-order valence-electron chi connectivity index (χ2n) is 22.7. The minimum Gasteiger partial charge on any atom is -0.507 e. The quantitative estimate of drug-likeness (QED) is 0.0771. The topological polar surface area (TPSA) is 87.4 Å². The predicted octanol–water partition coefficient (Wildman–Crippen LogP) is 21.5. The highest BCUT2D eigenvalue weighted by Gasteiger charge is 2.35. The number of nitrogens with zero attached hydrogens (tertiary/aromatic N) is 2. The minimum atomic E-state index is -0.235. The molecule has 0 saturated heterocycles. The molecule has 0 radical (unpaired) electrons. The number of rotatable bonds is 16. The largest absolute Gasteiger partial charge is 0.507 e. The maximum atomic E-state index is 12.0. The molecule has 11 rings (SSSR count). The molecule has 6 nitrogen and oxygen atoms in total. The SMILES string of the molecule is CC(C)c1ccccc1-c1ccc(N(c2ccc(-c3ccccc3C(C)C)cc2)c2ccc(C3=C(O)C(c4ccc(N(c5ccc(-c6ccccc6C(C)C)cc5)c5ccc(-c6ccccc6C(C)C)cc5)cc4O)=C3O)c(O)c2)cc1. The van der Waals surface area contributed by atoms with E-state index in [1.807, 2.05) is 12.1 Å². The summed E-state index contributed by atoms with van der Waals surface area (Å²) in [5.41, 5.74) is 19.9. The van der Waals surface area contributed by atoms with Crippen molar-refractivity contribution in [3.05, 3.63) is 275 Å². The Hall–Kier alpha value is -9.52. The average molecular weight is 1080 g/mol. The van der Waals surface area contributed by atoms with Gasteiger partial charge < -0.3 is 30.2 Å². The molecule has 0 amide bonds. The van der Waals surface area contributed by atoms with Gasteiger partial charge in [0.05, 0.1) is 11.1 Å². The van der Waals surface area contributed by atoms with E-state index in [1.54, 1.807) is 24.3 Å². The zero-order chi connectivity index (χ0) is 57.3. The number of hydrogen-bond acceptors (Lipinski definition) is 6. The van der Waals surface area contributed by atoms with Gasteiger partial charge in [-0.3, -0.25) is 0 Å². The number of phenols is 2. The van der Waals surface area contributed by atoms with Crippen LogP contribution in [0.4, 0.5) is 34.1 Å². The summed E-state index contributed by atoms with van der Waals surface area (Å²) in [5.74, 6) is 0.686. The fourth-order valence-corrected chi connectivity index (χ4v) is 11.8. The summed E-state index contributed by atoms with van der Waals surface area (Å²) in [6.07, 6.45) is 0. The zero-order valence-corrected chi connectivity index (χ0v) is 47.9. The van der Waals surface area contributed by atoms with Gasteiger partial charge in [-0.1, -0.05) is 201 Å². The number of benzene rings is 10. The normalized spacial score (nSPS) is 12.4. The molecular weight excluding hydrogens is 1000 g/mol. The van der Waals surface area contributed by atoms with E-state index in [0.717, 1.165) is 45.0 Å². The van der Waals surface area contributed by atoms with Gasteiger partial charge in [-0.15, -0.1) is 0 Å². The molecule has 10 aromatic carbocycles. The van der Waals surface area contributed by atoms with Gasteiger partial charge in [0.25, 0.3) is 0 Å². The molecule has 6 heteroatoms. The van der Waals surface area contributed by atoms with Crippen LogP contribution < -0.4 is 9.80 Å². The Morgan fingerprint density at radius 1 is 0.244 bits per heavy atom. The maximum Gasteiger partial charge on any atom is 0.139 e. The monoisotopic (exact) mass is 1070 g/mol. The van der Waals surface area contributed by atoms with Crippen LogP contribution in [0.25, 0.3) is 55.7 Å². The van der Waals surface area contributed by atoms with Crippen LogP contribution in [-0.4, -0.2) is 20.4 Å². The Morgan fingerprint density at radius 3 is 0.683 bits per heavy atom.